The zero-order valence-corrected chi connectivity index (χ0v) is 10.6. The zero-order valence-electron chi connectivity index (χ0n) is 9.81. The van der Waals surface area contributed by atoms with Crippen molar-refractivity contribution >= 4 is 17.2 Å². The number of amides is 1. The molecule has 1 rings (SSSR count). The van der Waals surface area contributed by atoms with E-state index in [-0.39, 0.29) is 11.9 Å². The van der Waals surface area contributed by atoms with Crippen LogP contribution in [-0.4, -0.2) is 37.4 Å². The van der Waals surface area contributed by atoms with Gasteiger partial charge in [0.25, 0.3) is 5.91 Å². The summed E-state index contributed by atoms with van der Waals surface area (Å²) in [6.45, 7) is 3.63. The van der Waals surface area contributed by atoms with Crippen molar-refractivity contribution in [2.75, 3.05) is 14.2 Å². The quantitative estimate of drug-likeness (QED) is 0.790. The number of thiazole rings is 1. The minimum absolute atomic E-state index is 0.147. The van der Waals surface area contributed by atoms with Gasteiger partial charge in [-0.3, -0.25) is 4.79 Å². The summed E-state index contributed by atoms with van der Waals surface area (Å²) in [4.78, 5) is 16.5. The highest BCUT2D eigenvalue weighted by Crippen LogP contribution is 2.12. The number of carbonyl (C=O) groups excluding carboxylic acids is 1. The topological polar surface area (TPSA) is 60.5 Å². The van der Waals surface area contributed by atoms with Gasteiger partial charge in [0, 0.05) is 14.2 Å². The summed E-state index contributed by atoms with van der Waals surface area (Å²) in [6, 6.07) is -0.219. The van der Waals surface area contributed by atoms with E-state index in [1.165, 1.54) is 25.6 Å². The number of hydrogen-bond donors (Lipinski definition) is 1. The predicted octanol–water partition coefficient (Wildman–Crippen LogP) is 1.19. The van der Waals surface area contributed by atoms with Crippen molar-refractivity contribution < 1.29 is 14.3 Å². The monoisotopic (exact) mass is 244 g/mol. The van der Waals surface area contributed by atoms with E-state index in [4.69, 9.17) is 9.47 Å². The molecule has 0 aliphatic carbocycles. The Balaban J connectivity index is 2.61. The van der Waals surface area contributed by atoms with Crippen molar-refractivity contribution in [3.63, 3.8) is 0 Å². The van der Waals surface area contributed by atoms with Gasteiger partial charge in [-0.25, -0.2) is 4.98 Å². The molecule has 1 aromatic heterocycles. The molecule has 0 aliphatic rings. The first kappa shape index (κ1) is 13.1. The average molecular weight is 244 g/mol. The summed E-state index contributed by atoms with van der Waals surface area (Å²) >= 11 is 1.32. The van der Waals surface area contributed by atoms with Crippen LogP contribution in [0.5, 0.6) is 0 Å². The lowest BCUT2D eigenvalue weighted by Crippen LogP contribution is -2.42. The third-order valence-electron chi connectivity index (χ3n) is 2.18. The van der Waals surface area contributed by atoms with E-state index in [0.717, 1.165) is 5.69 Å². The molecule has 16 heavy (non-hydrogen) atoms. The fourth-order valence-electron chi connectivity index (χ4n) is 1.36. The Kier molecular flexibility index (Phi) is 4.85. The largest absolute Gasteiger partial charge is 0.354 e. The lowest BCUT2D eigenvalue weighted by molar-refractivity contribution is -0.117. The number of hydrogen-bond acceptors (Lipinski definition) is 5. The Bertz CT molecular complexity index is 350. The van der Waals surface area contributed by atoms with Crippen LogP contribution in [0.3, 0.4) is 0 Å². The fraction of sp³-hybridized carbons (Fsp3) is 0.600. The van der Waals surface area contributed by atoms with Gasteiger partial charge >= 0.3 is 0 Å². The smallest absolute Gasteiger partial charge is 0.263 e. The molecule has 90 valence electrons. The molecule has 1 aromatic rings. The second-order valence-corrected chi connectivity index (χ2v) is 4.22. The Morgan fingerprint density at radius 1 is 1.50 bits per heavy atom. The molecule has 0 radical (unpaired) electrons. The number of aryl methyl sites for hydroxylation is 1. The number of aromatic nitrogens is 1. The molecule has 0 aromatic carbocycles. The number of nitrogens with zero attached hydrogens (tertiary/aromatic N) is 1. The highest BCUT2D eigenvalue weighted by Gasteiger charge is 2.20. The molecule has 6 heteroatoms. The molecule has 1 atom stereocenters. The summed E-state index contributed by atoms with van der Waals surface area (Å²) in [5, 5.41) is 2.81. The Labute approximate surface area is 98.8 Å². The van der Waals surface area contributed by atoms with Gasteiger partial charge in [0.05, 0.1) is 17.2 Å². The van der Waals surface area contributed by atoms with Gasteiger partial charge in [-0.15, -0.1) is 11.3 Å². The van der Waals surface area contributed by atoms with Gasteiger partial charge in [-0.05, 0) is 13.8 Å². The maximum atomic E-state index is 11.8. The average Bonchev–Trinajstić information content (AvgIpc) is 2.66. The fourth-order valence-corrected chi connectivity index (χ4v) is 2.07. The minimum Gasteiger partial charge on any atom is -0.354 e. The molecular weight excluding hydrogens is 228 g/mol. The van der Waals surface area contributed by atoms with E-state index in [2.05, 4.69) is 10.3 Å². The van der Waals surface area contributed by atoms with Crippen molar-refractivity contribution in [2.24, 2.45) is 0 Å². The summed E-state index contributed by atoms with van der Waals surface area (Å²) in [5.41, 5.74) is 2.39. The zero-order chi connectivity index (χ0) is 12.1. The lowest BCUT2D eigenvalue weighted by Gasteiger charge is -2.21. The molecule has 1 amide bonds. The third kappa shape index (κ3) is 3.01. The van der Waals surface area contributed by atoms with Crippen LogP contribution in [-0.2, 0) is 9.47 Å². The van der Waals surface area contributed by atoms with Gasteiger partial charge in [0.1, 0.15) is 4.88 Å². The Morgan fingerprint density at radius 3 is 2.56 bits per heavy atom. The Hall–Kier alpha value is -0.980. The van der Waals surface area contributed by atoms with E-state index < -0.39 is 6.29 Å². The highest BCUT2D eigenvalue weighted by atomic mass is 32.1. The third-order valence-corrected chi connectivity index (χ3v) is 3.11. The Morgan fingerprint density at radius 2 is 2.12 bits per heavy atom. The summed E-state index contributed by atoms with van der Waals surface area (Å²) in [6.07, 6.45) is -0.447. The van der Waals surface area contributed by atoms with Crippen LogP contribution in [0.15, 0.2) is 5.51 Å². The van der Waals surface area contributed by atoms with Crippen molar-refractivity contribution in [3.8, 4) is 0 Å². The summed E-state index contributed by atoms with van der Waals surface area (Å²) in [7, 11) is 3.07. The first-order valence-electron chi connectivity index (χ1n) is 4.86. The van der Waals surface area contributed by atoms with E-state index in [9.17, 15) is 4.79 Å². The molecule has 5 nitrogen and oxygen atoms in total. The molecule has 1 N–H and O–H groups in total. The first-order chi connectivity index (χ1) is 7.60. The van der Waals surface area contributed by atoms with Crippen LogP contribution in [0, 0.1) is 6.92 Å². The van der Waals surface area contributed by atoms with Crippen molar-refractivity contribution in [3.05, 3.63) is 16.1 Å². The maximum absolute atomic E-state index is 11.8. The van der Waals surface area contributed by atoms with Crippen LogP contribution >= 0.6 is 11.3 Å². The molecule has 1 heterocycles. The van der Waals surface area contributed by atoms with Crippen LogP contribution in [0.4, 0.5) is 0 Å². The molecule has 0 aliphatic heterocycles. The van der Waals surface area contributed by atoms with Crippen LogP contribution in [0.25, 0.3) is 0 Å². The van der Waals surface area contributed by atoms with Crippen LogP contribution in [0.1, 0.15) is 22.3 Å². The predicted molar refractivity (Wildman–Crippen MR) is 61.6 cm³/mol. The van der Waals surface area contributed by atoms with E-state index in [1.54, 1.807) is 12.4 Å². The molecular formula is C10H16N2O3S. The van der Waals surface area contributed by atoms with E-state index in [0.29, 0.717) is 4.88 Å². The lowest BCUT2D eigenvalue weighted by atomic mass is 10.3. The van der Waals surface area contributed by atoms with Gasteiger partial charge < -0.3 is 14.8 Å². The van der Waals surface area contributed by atoms with Gasteiger partial charge in [0.2, 0.25) is 0 Å². The summed E-state index contributed by atoms with van der Waals surface area (Å²) in [5.74, 6) is -0.147. The van der Waals surface area contributed by atoms with Crippen molar-refractivity contribution in [2.45, 2.75) is 26.2 Å². The van der Waals surface area contributed by atoms with Gasteiger partial charge in [-0.2, -0.15) is 0 Å². The van der Waals surface area contributed by atoms with Gasteiger partial charge in [-0.1, -0.05) is 0 Å². The number of methoxy groups -OCH3 is 2. The number of carbonyl (C=O) groups is 1. The number of nitrogens with one attached hydrogen (secondary N) is 1. The molecule has 1 unspecified atom stereocenters. The second-order valence-electron chi connectivity index (χ2n) is 3.37. The minimum atomic E-state index is -0.447. The normalized spacial score (nSPS) is 12.8. The molecule has 0 saturated heterocycles. The van der Waals surface area contributed by atoms with Crippen LogP contribution in [0.2, 0.25) is 0 Å². The van der Waals surface area contributed by atoms with Crippen molar-refractivity contribution in [1.29, 1.82) is 0 Å². The highest BCUT2D eigenvalue weighted by molar-refractivity contribution is 7.11. The summed E-state index contributed by atoms with van der Waals surface area (Å²) < 4.78 is 10.1. The number of ether oxygens (including phenoxy) is 2. The second kappa shape index (κ2) is 5.93. The van der Waals surface area contributed by atoms with Crippen LogP contribution < -0.4 is 5.32 Å². The SMILES string of the molecule is COC(OC)C(C)NC(=O)c1scnc1C. The maximum Gasteiger partial charge on any atom is 0.263 e. The standard InChI is InChI=1S/C10H16N2O3S/c1-6-8(16-5-11-6)9(13)12-7(2)10(14-3)15-4/h5,7,10H,1-4H3,(H,12,13). The molecule has 0 bridgehead atoms. The van der Waals surface area contributed by atoms with Gasteiger partial charge in [0.15, 0.2) is 6.29 Å². The first-order valence-corrected chi connectivity index (χ1v) is 5.74. The molecule has 0 saturated carbocycles. The molecule has 0 spiro atoms. The van der Waals surface area contributed by atoms with E-state index in [1.807, 2.05) is 6.92 Å². The number of rotatable bonds is 5. The van der Waals surface area contributed by atoms with E-state index >= 15 is 0 Å². The molecule has 0 fully saturated rings. The van der Waals surface area contributed by atoms with Crippen molar-refractivity contribution in [1.82, 2.24) is 10.3 Å².